The van der Waals surface area contributed by atoms with Gasteiger partial charge in [0.1, 0.15) is 18.3 Å². The lowest BCUT2D eigenvalue weighted by molar-refractivity contribution is -0.139. The summed E-state index contributed by atoms with van der Waals surface area (Å²) in [5.74, 6) is -0.267. The maximum Gasteiger partial charge on any atom is 0.264 e. The van der Waals surface area contributed by atoms with Crippen molar-refractivity contribution in [3.8, 4) is 5.75 Å². The summed E-state index contributed by atoms with van der Waals surface area (Å²) in [6.45, 7) is 3.34. The van der Waals surface area contributed by atoms with Crippen LogP contribution >= 0.6 is 0 Å². The zero-order chi connectivity index (χ0) is 29.4. The monoisotopic (exact) mass is 577 g/mol. The van der Waals surface area contributed by atoms with E-state index in [1.807, 2.05) is 31.2 Å². The van der Waals surface area contributed by atoms with Gasteiger partial charge in [-0.15, -0.1) is 0 Å². The number of sulfonamides is 1. The number of hydrogen-bond acceptors (Lipinski definition) is 5. The fraction of sp³-hybridized carbons (Fsp3) is 0.375. The van der Waals surface area contributed by atoms with Gasteiger partial charge in [0.05, 0.1) is 17.7 Å². The first kappa shape index (κ1) is 30.1. The van der Waals surface area contributed by atoms with Crippen LogP contribution in [0, 0.1) is 6.92 Å². The Morgan fingerprint density at radius 2 is 1.66 bits per heavy atom. The molecule has 0 unspecified atom stereocenters. The maximum absolute atomic E-state index is 14.1. The number of hydrogen-bond donors (Lipinski definition) is 1. The standard InChI is InChI=1S/C32H39N3O5S/c1-24-12-10-13-26(20-24)22-34(25(2)32(37)33-27-14-6-4-7-15-27)31(36)23-35(28-16-11-17-29(21-28)40-3)41(38,39)30-18-8-5-9-19-30/h5,8-13,16-21,25,27H,4,6-7,14-15,22-23H2,1-3H3,(H,33,37)/t25-/m0/s1. The van der Waals surface area contributed by atoms with Crippen molar-refractivity contribution < 1.29 is 22.7 Å². The number of aryl methyl sites for hydroxylation is 1. The van der Waals surface area contributed by atoms with Gasteiger partial charge >= 0.3 is 0 Å². The summed E-state index contributed by atoms with van der Waals surface area (Å²) in [5.41, 5.74) is 2.17. The highest BCUT2D eigenvalue weighted by molar-refractivity contribution is 7.92. The second kappa shape index (κ2) is 13.7. The van der Waals surface area contributed by atoms with Crippen LogP contribution in [0.4, 0.5) is 5.69 Å². The van der Waals surface area contributed by atoms with E-state index in [0.29, 0.717) is 5.75 Å². The second-order valence-corrected chi connectivity index (χ2v) is 12.4. The van der Waals surface area contributed by atoms with Crippen LogP contribution in [0.25, 0.3) is 0 Å². The molecule has 1 aliphatic carbocycles. The molecule has 218 valence electrons. The average molecular weight is 578 g/mol. The van der Waals surface area contributed by atoms with Gasteiger partial charge < -0.3 is 15.0 Å². The fourth-order valence-electron chi connectivity index (χ4n) is 5.17. The van der Waals surface area contributed by atoms with Crippen LogP contribution in [0.3, 0.4) is 0 Å². The van der Waals surface area contributed by atoms with Crippen LogP contribution in [-0.4, -0.2) is 50.9 Å². The molecule has 0 bridgehead atoms. The summed E-state index contributed by atoms with van der Waals surface area (Å²) < 4.78 is 34.2. The Morgan fingerprint density at radius 1 is 0.951 bits per heavy atom. The molecular weight excluding hydrogens is 538 g/mol. The van der Waals surface area contributed by atoms with E-state index in [4.69, 9.17) is 4.74 Å². The Labute approximate surface area is 243 Å². The molecule has 3 aromatic rings. The second-order valence-electron chi connectivity index (χ2n) is 10.6. The highest BCUT2D eigenvalue weighted by Gasteiger charge is 2.33. The smallest absolute Gasteiger partial charge is 0.264 e. The number of ether oxygens (including phenoxy) is 1. The molecule has 41 heavy (non-hydrogen) atoms. The molecule has 8 nitrogen and oxygen atoms in total. The number of rotatable bonds is 11. The third-order valence-corrected chi connectivity index (χ3v) is 9.29. The lowest BCUT2D eigenvalue weighted by atomic mass is 9.95. The molecule has 0 saturated heterocycles. The van der Waals surface area contributed by atoms with Gasteiger partial charge in [-0.1, -0.05) is 73.4 Å². The summed E-state index contributed by atoms with van der Waals surface area (Å²) in [7, 11) is -2.63. The topological polar surface area (TPSA) is 96.0 Å². The van der Waals surface area contributed by atoms with E-state index in [1.165, 1.54) is 24.1 Å². The summed E-state index contributed by atoms with van der Waals surface area (Å²) in [6.07, 6.45) is 5.14. The molecule has 0 spiro atoms. The first-order chi connectivity index (χ1) is 19.7. The zero-order valence-corrected chi connectivity index (χ0v) is 24.8. The molecule has 1 atom stereocenters. The molecule has 1 aliphatic rings. The normalized spacial score (nSPS) is 14.6. The predicted molar refractivity (Wildman–Crippen MR) is 160 cm³/mol. The highest BCUT2D eigenvalue weighted by Crippen LogP contribution is 2.28. The minimum atomic E-state index is -4.13. The van der Waals surface area contributed by atoms with Gasteiger partial charge in [-0.2, -0.15) is 0 Å². The summed E-state index contributed by atoms with van der Waals surface area (Å²) in [5, 5.41) is 3.13. The van der Waals surface area contributed by atoms with Crippen molar-refractivity contribution in [3.05, 3.63) is 90.0 Å². The number of anilines is 1. The molecule has 2 amide bonds. The van der Waals surface area contributed by atoms with Gasteiger partial charge in [-0.25, -0.2) is 8.42 Å². The molecule has 0 radical (unpaired) electrons. The minimum absolute atomic E-state index is 0.0592. The first-order valence-electron chi connectivity index (χ1n) is 14.1. The molecule has 1 fully saturated rings. The lowest BCUT2D eigenvalue weighted by Crippen LogP contribution is -2.53. The minimum Gasteiger partial charge on any atom is -0.497 e. The van der Waals surface area contributed by atoms with Gasteiger partial charge in [0.25, 0.3) is 10.0 Å². The van der Waals surface area contributed by atoms with E-state index in [2.05, 4.69) is 5.32 Å². The van der Waals surface area contributed by atoms with Crippen LogP contribution in [0.1, 0.15) is 50.2 Å². The van der Waals surface area contributed by atoms with Crippen molar-refractivity contribution in [2.24, 2.45) is 0 Å². The van der Waals surface area contributed by atoms with E-state index < -0.39 is 28.5 Å². The van der Waals surface area contributed by atoms with Crippen molar-refractivity contribution in [2.75, 3.05) is 18.0 Å². The Morgan fingerprint density at radius 3 is 2.34 bits per heavy atom. The SMILES string of the molecule is COc1cccc(N(CC(=O)N(Cc2cccc(C)c2)[C@@H](C)C(=O)NC2CCCCC2)S(=O)(=O)c2ccccc2)c1. The molecule has 1 N–H and O–H groups in total. The molecule has 0 heterocycles. The number of carbonyl (C=O) groups excluding carboxylic acids is 2. The van der Waals surface area contributed by atoms with Gasteiger partial charge in [0.2, 0.25) is 11.8 Å². The molecule has 4 rings (SSSR count). The van der Waals surface area contributed by atoms with E-state index >= 15 is 0 Å². The number of amides is 2. The Balaban J connectivity index is 1.68. The van der Waals surface area contributed by atoms with Crippen molar-refractivity contribution in [3.63, 3.8) is 0 Å². The van der Waals surface area contributed by atoms with Gasteiger partial charge in [0.15, 0.2) is 0 Å². The third kappa shape index (κ3) is 7.67. The highest BCUT2D eigenvalue weighted by atomic mass is 32.2. The third-order valence-electron chi connectivity index (χ3n) is 7.51. The quantitative estimate of drug-likeness (QED) is 0.344. The van der Waals surface area contributed by atoms with Crippen LogP contribution in [-0.2, 0) is 26.2 Å². The maximum atomic E-state index is 14.1. The van der Waals surface area contributed by atoms with Crippen molar-refractivity contribution >= 4 is 27.5 Å². The van der Waals surface area contributed by atoms with Crippen LogP contribution in [0.15, 0.2) is 83.8 Å². The average Bonchev–Trinajstić information content (AvgIpc) is 2.99. The number of methoxy groups -OCH3 is 1. The molecule has 0 aliphatic heterocycles. The van der Waals surface area contributed by atoms with E-state index in [9.17, 15) is 18.0 Å². The van der Waals surface area contributed by atoms with Crippen LogP contribution < -0.4 is 14.4 Å². The lowest BCUT2D eigenvalue weighted by Gasteiger charge is -2.33. The number of nitrogens with one attached hydrogen (secondary N) is 1. The van der Waals surface area contributed by atoms with Crippen molar-refractivity contribution in [1.29, 1.82) is 0 Å². The number of carbonyl (C=O) groups is 2. The molecule has 1 saturated carbocycles. The summed E-state index contributed by atoms with van der Waals surface area (Å²) >= 11 is 0. The van der Waals surface area contributed by atoms with Crippen LogP contribution in [0.5, 0.6) is 5.75 Å². The Bertz CT molecular complexity index is 1440. The Hall–Kier alpha value is -3.85. The fourth-order valence-corrected chi connectivity index (χ4v) is 6.60. The number of nitrogens with zero attached hydrogens (tertiary/aromatic N) is 2. The Kier molecular flexibility index (Phi) is 10.0. The molecule has 9 heteroatoms. The summed E-state index contributed by atoms with van der Waals surface area (Å²) in [6, 6.07) is 21.6. The van der Waals surface area contributed by atoms with E-state index in [-0.39, 0.29) is 29.1 Å². The van der Waals surface area contributed by atoms with Crippen molar-refractivity contribution in [2.45, 2.75) is 69.5 Å². The molecular formula is C32H39N3O5S. The van der Waals surface area contributed by atoms with E-state index in [0.717, 1.165) is 47.5 Å². The molecule has 0 aromatic heterocycles. The largest absolute Gasteiger partial charge is 0.497 e. The predicted octanol–water partition coefficient (Wildman–Crippen LogP) is 5.07. The zero-order valence-electron chi connectivity index (χ0n) is 24.0. The molecule has 3 aromatic carbocycles. The van der Waals surface area contributed by atoms with Gasteiger partial charge in [0, 0.05) is 18.7 Å². The van der Waals surface area contributed by atoms with E-state index in [1.54, 1.807) is 49.4 Å². The van der Waals surface area contributed by atoms with Gasteiger partial charge in [-0.05, 0) is 56.5 Å². The number of benzene rings is 3. The summed E-state index contributed by atoms with van der Waals surface area (Å²) in [4.78, 5) is 29.0. The van der Waals surface area contributed by atoms with Crippen LogP contribution in [0.2, 0.25) is 0 Å². The van der Waals surface area contributed by atoms with Gasteiger partial charge in [-0.3, -0.25) is 13.9 Å². The first-order valence-corrected chi connectivity index (χ1v) is 15.5. The van der Waals surface area contributed by atoms with Crippen molar-refractivity contribution in [1.82, 2.24) is 10.2 Å².